The molecule has 0 radical (unpaired) electrons. The molecule has 0 aliphatic carbocycles. The van der Waals surface area contributed by atoms with E-state index in [1.165, 1.54) is 17.0 Å². The molecule has 0 aromatic heterocycles. The van der Waals surface area contributed by atoms with Gasteiger partial charge in [0.25, 0.3) is 11.7 Å². The van der Waals surface area contributed by atoms with Gasteiger partial charge in [-0.3, -0.25) is 9.59 Å². The molecule has 0 saturated carbocycles. The van der Waals surface area contributed by atoms with Crippen molar-refractivity contribution >= 4 is 33.3 Å². The molecule has 1 heterocycles. The number of amides is 1. The minimum atomic E-state index is -0.583. The summed E-state index contributed by atoms with van der Waals surface area (Å²) in [5.74, 6) is -1.48. The predicted molar refractivity (Wildman–Crippen MR) is 80.8 cm³/mol. The molecule has 106 valence electrons. The quantitative estimate of drug-likeness (QED) is 0.778. The van der Waals surface area contributed by atoms with Crippen molar-refractivity contribution in [2.45, 2.75) is 13.5 Å². The number of anilines is 1. The zero-order valence-corrected chi connectivity index (χ0v) is 12.8. The Bertz CT molecular complexity index is 773. The fourth-order valence-electron chi connectivity index (χ4n) is 2.44. The van der Waals surface area contributed by atoms with E-state index in [0.717, 1.165) is 5.56 Å². The highest BCUT2D eigenvalue weighted by Crippen LogP contribution is 2.35. The van der Waals surface area contributed by atoms with Gasteiger partial charge in [0.15, 0.2) is 0 Å². The molecule has 0 spiro atoms. The van der Waals surface area contributed by atoms with E-state index in [9.17, 15) is 14.0 Å². The highest BCUT2D eigenvalue weighted by molar-refractivity contribution is 9.10. The van der Waals surface area contributed by atoms with E-state index in [0.29, 0.717) is 21.3 Å². The lowest BCUT2D eigenvalue weighted by Gasteiger charge is -2.18. The zero-order valence-electron chi connectivity index (χ0n) is 11.2. The van der Waals surface area contributed by atoms with Crippen LogP contribution in [0.15, 0.2) is 40.9 Å². The van der Waals surface area contributed by atoms with Crippen molar-refractivity contribution in [2.24, 2.45) is 0 Å². The SMILES string of the molecule is Cc1ccc(F)cc1CN1C(=O)C(=O)c2c(Br)cccc21. The maximum Gasteiger partial charge on any atom is 0.299 e. The third kappa shape index (κ3) is 2.27. The summed E-state index contributed by atoms with van der Waals surface area (Å²) in [6.07, 6.45) is 0. The van der Waals surface area contributed by atoms with Gasteiger partial charge >= 0.3 is 0 Å². The van der Waals surface area contributed by atoms with Crippen LogP contribution in [0.5, 0.6) is 0 Å². The molecule has 1 amide bonds. The molecule has 0 atom stereocenters. The van der Waals surface area contributed by atoms with Gasteiger partial charge in [-0.1, -0.05) is 12.1 Å². The predicted octanol–water partition coefficient (Wildman–Crippen LogP) is 3.63. The summed E-state index contributed by atoms with van der Waals surface area (Å²) in [7, 11) is 0. The van der Waals surface area contributed by atoms with Crippen molar-refractivity contribution in [1.29, 1.82) is 0 Å². The van der Waals surface area contributed by atoms with Gasteiger partial charge < -0.3 is 4.90 Å². The number of nitrogens with zero attached hydrogens (tertiary/aromatic N) is 1. The van der Waals surface area contributed by atoms with Crippen LogP contribution >= 0.6 is 15.9 Å². The van der Waals surface area contributed by atoms with Gasteiger partial charge in [-0.15, -0.1) is 0 Å². The van der Waals surface area contributed by atoms with Crippen LogP contribution in [0.3, 0.4) is 0 Å². The maximum atomic E-state index is 13.4. The lowest BCUT2D eigenvalue weighted by atomic mass is 10.1. The summed E-state index contributed by atoms with van der Waals surface area (Å²) in [6, 6.07) is 9.64. The number of rotatable bonds is 2. The monoisotopic (exact) mass is 347 g/mol. The van der Waals surface area contributed by atoms with Crippen molar-refractivity contribution in [1.82, 2.24) is 0 Å². The number of carbonyl (C=O) groups is 2. The minimum Gasteiger partial charge on any atom is -0.300 e. The molecule has 3 nitrogen and oxygen atoms in total. The average molecular weight is 348 g/mol. The Kier molecular flexibility index (Phi) is 3.37. The first-order chi connectivity index (χ1) is 9.99. The van der Waals surface area contributed by atoms with E-state index < -0.39 is 11.7 Å². The second kappa shape index (κ2) is 5.07. The highest BCUT2D eigenvalue weighted by atomic mass is 79.9. The Hall–Kier alpha value is -2.01. The summed E-state index contributed by atoms with van der Waals surface area (Å²) in [5, 5.41) is 0. The van der Waals surface area contributed by atoms with E-state index >= 15 is 0 Å². The molecule has 21 heavy (non-hydrogen) atoms. The second-order valence-corrected chi connectivity index (χ2v) is 5.78. The summed E-state index contributed by atoms with van der Waals surface area (Å²) in [6.45, 7) is 2.02. The molecule has 2 aromatic rings. The van der Waals surface area contributed by atoms with Crippen LogP contribution in [0.1, 0.15) is 21.5 Å². The van der Waals surface area contributed by atoms with Crippen LogP contribution in [-0.2, 0) is 11.3 Å². The summed E-state index contributed by atoms with van der Waals surface area (Å²) in [4.78, 5) is 25.6. The summed E-state index contributed by atoms with van der Waals surface area (Å²) >= 11 is 3.29. The third-order valence-electron chi connectivity index (χ3n) is 3.59. The topological polar surface area (TPSA) is 37.4 Å². The van der Waals surface area contributed by atoms with Gasteiger partial charge in [-0.05, 0) is 58.2 Å². The number of aryl methyl sites for hydroxylation is 1. The van der Waals surface area contributed by atoms with Gasteiger partial charge in [0, 0.05) is 4.47 Å². The summed E-state index contributed by atoms with van der Waals surface area (Å²) in [5.41, 5.74) is 2.49. The first kappa shape index (κ1) is 13.9. The maximum absolute atomic E-state index is 13.4. The van der Waals surface area contributed by atoms with Crippen molar-refractivity contribution in [3.63, 3.8) is 0 Å². The van der Waals surface area contributed by atoms with Gasteiger partial charge in [-0.25, -0.2) is 4.39 Å². The number of halogens is 2. The van der Waals surface area contributed by atoms with Crippen molar-refractivity contribution in [3.05, 3.63) is 63.4 Å². The van der Waals surface area contributed by atoms with Crippen LogP contribution in [0, 0.1) is 12.7 Å². The van der Waals surface area contributed by atoms with Gasteiger partial charge in [0.2, 0.25) is 0 Å². The number of fused-ring (bicyclic) bond motifs is 1. The largest absolute Gasteiger partial charge is 0.300 e. The first-order valence-electron chi connectivity index (χ1n) is 6.39. The lowest BCUT2D eigenvalue weighted by Crippen LogP contribution is -2.29. The van der Waals surface area contributed by atoms with Crippen LogP contribution in [0.2, 0.25) is 0 Å². The van der Waals surface area contributed by atoms with Crippen molar-refractivity contribution < 1.29 is 14.0 Å². The molecular weight excluding hydrogens is 337 g/mol. The Morgan fingerprint density at radius 2 is 1.95 bits per heavy atom. The van der Waals surface area contributed by atoms with Gasteiger partial charge in [0.1, 0.15) is 5.82 Å². The average Bonchev–Trinajstić information content (AvgIpc) is 2.69. The highest BCUT2D eigenvalue weighted by Gasteiger charge is 2.37. The molecule has 0 saturated heterocycles. The van der Waals surface area contributed by atoms with E-state index in [1.807, 2.05) is 6.92 Å². The Morgan fingerprint density at radius 1 is 1.19 bits per heavy atom. The van der Waals surface area contributed by atoms with E-state index in [2.05, 4.69) is 15.9 Å². The van der Waals surface area contributed by atoms with Crippen LogP contribution in [0.25, 0.3) is 0 Å². The Balaban J connectivity index is 2.05. The molecule has 1 aliphatic heterocycles. The van der Waals surface area contributed by atoms with E-state index in [4.69, 9.17) is 0 Å². The normalized spacial score (nSPS) is 13.8. The number of carbonyl (C=O) groups excluding carboxylic acids is 2. The number of Topliss-reactive ketones (excluding diaryl/α,β-unsaturated/α-hetero) is 1. The molecule has 0 bridgehead atoms. The first-order valence-corrected chi connectivity index (χ1v) is 7.18. The number of hydrogen-bond acceptors (Lipinski definition) is 2. The van der Waals surface area contributed by atoms with Crippen LogP contribution in [-0.4, -0.2) is 11.7 Å². The van der Waals surface area contributed by atoms with Gasteiger partial charge in [-0.2, -0.15) is 0 Å². The Morgan fingerprint density at radius 3 is 2.71 bits per heavy atom. The fraction of sp³-hybridized carbons (Fsp3) is 0.125. The standard InChI is InChI=1S/C16H11BrFNO2/c1-9-5-6-11(18)7-10(9)8-19-13-4-2-3-12(17)14(13)15(20)16(19)21/h2-7H,8H2,1H3. The molecule has 5 heteroatoms. The fourth-order valence-corrected chi connectivity index (χ4v) is 2.97. The zero-order chi connectivity index (χ0) is 15.1. The molecule has 2 aromatic carbocycles. The molecule has 0 unspecified atom stereocenters. The molecule has 3 rings (SSSR count). The van der Waals surface area contributed by atoms with E-state index in [-0.39, 0.29) is 12.4 Å². The van der Waals surface area contributed by atoms with E-state index in [1.54, 1.807) is 24.3 Å². The molecule has 0 fully saturated rings. The molecule has 0 N–H and O–H groups in total. The molecular formula is C16H11BrFNO2. The number of benzene rings is 2. The minimum absolute atomic E-state index is 0.178. The number of hydrogen-bond donors (Lipinski definition) is 0. The van der Waals surface area contributed by atoms with Crippen molar-refractivity contribution in [2.75, 3.05) is 4.90 Å². The number of ketones is 1. The van der Waals surface area contributed by atoms with Gasteiger partial charge in [0.05, 0.1) is 17.8 Å². The molecule has 1 aliphatic rings. The summed E-state index contributed by atoms with van der Waals surface area (Å²) < 4.78 is 14.0. The second-order valence-electron chi connectivity index (χ2n) is 4.93. The third-order valence-corrected chi connectivity index (χ3v) is 4.25. The lowest BCUT2D eigenvalue weighted by molar-refractivity contribution is -0.114. The smallest absolute Gasteiger partial charge is 0.299 e. The van der Waals surface area contributed by atoms with Crippen LogP contribution in [0.4, 0.5) is 10.1 Å². The van der Waals surface area contributed by atoms with Crippen molar-refractivity contribution in [3.8, 4) is 0 Å². The Labute approximate surface area is 129 Å². The van der Waals surface area contributed by atoms with Crippen LogP contribution < -0.4 is 4.90 Å².